The maximum Gasteiger partial charge on any atom is 0.260 e. The van der Waals surface area contributed by atoms with Gasteiger partial charge in [-0.15, -0.1) is 0 Å². The van der Waals surface area contributed by atoms with Gasteiger partial charge in [0.2, 0.25) is 5.91 Å². The maximum absolute atomic E-state index is 12.4. The van der Waals surface area contributed by atoms with E-state index in [1.807, 2.05) is 33.8 Å². The Balaban J connectivity index is 2.24. The third-order valence-electron chi connectivity index (χ3n) is 3.36. The van der Waals surface area contributed by atoms with Gasteiger partial charge in [-0.2, -0.15) is 0 Å². The number of likely N-dealkylation sites (tertiary alicyclic amines) is 1. The molecular formula is C14H19NO3. The molecule has 0 saturated carbocycles. The summed E-state index contributed by atoms with van der Waals surface area (Å²) in [5.41, 5.74) is 2.59. The third-order valence-corrected chi connectivity index (χ3v) is 3.36. The van der Waals surface area contributed by atoms with E-state index in [9.17, 15) is 9.59 Å². The summed E-state index contributed by atoms with van der Waals surface area (Å²) in [5, 5.41) is 0. The van der Waals surface area contributed by atoms with Crippen molar-refractivity contribution in [2.75, 3.05) is 13.2 Å². The molecule has 0 aromatic rings. The van der Waals surface area contributed by atoms with Crippen LogP contribution in [0.4, 0.5) is 0 Å². The minimum atomic E-state index is -0.187. The zero-order valence-corrected chi connectivity index (χ0v) is 11.3. The first-order chi connectivity index (χ1) is 8.43. The molecule has 2 fully saturated rings. The molecule has 2 atom stereocenters. The van der Waals surface area contributed by atoms with Crippen molar-refractivity contribution in [2.24, 2.45) is 5.92 Å². The molecule has 0 N–H and O–H groups in total. The van der Waals surface area contributed by atoms with Crippen LogP contribution in [0.3, 0.4) is 0 Å². The smallest absolute Gasteiger partial charge is 0.260 e. The summed E-state index contributed by atoms with van der Waals surface area (Å²) < 4.78 is 5.26. The van der Waals surface area contributed by atoms with Crippen LogP contribution in [0.2, 0.25) is 0 Å². The number of amides is 2. The van der Waals surface area contributed by atoms with Gasteiger partial charge in [0.1, 0.15) is 0 Å². The summed E-state index contributed by atoms with van der Waals surface area (Å²) in [4.78, 5) is 25.6. The molecular weight excluding hydrogens is 230 g/mol. The van der Waals surface area contributed by atoms with Crippen LogP contribution < -0.4 is 0 Å². The standard InChI is InChI=1S/C14H19NO3/c1-8(2)5-10(9(3)4)13(16)15-12-7-18-6-11(12)14(15)17/h5,11-12H,6-7H2,1-4H3. The molecule has 4 heteroatoms. The summed E-state index contributed by atoms with van der Waals surface area (Å²) in [6, 6.07) is -0.0510. The van der Waals surface area contributed by atoms with Gasteiger partial charge in [-0.05, 0) is 27.7 Å². The van der Waals surface area contributed by atoms with Crippen LogP contribution in [-0.4, -0.2) is 36.0 Å². The number of allylic oxidation sites excluding steroid dienone is 2. The van der Waals surface area contributed by atoms with Gasteiger partial charge in [-0.1, -0.05) is 17.2 Å². The molecule has 0 aromatic carbocycles. The van der Waals surface area contributed by atoms with Gasteiger partial charge in [0.15, 0.2) is 0 Å². The van der Waals surface area contributed by atoms with Crippen LogP contribution in [0.15, 0.2) is 22.8 Å². The zero-order valence-electron chi connectivity index (χ0n) is 11.3. The fourth-order valence-electron chi connectivity index (χ4n) is 2.38. The topological polar surface area (TPSA) is 46.6 Å². The Kier molecular flexibility index (Phi) is 3.39. The quantitative estimate of drug-likeness (QED) is 0.425. The molecule has 2 amide bonds. The van der Waals surface area contributed by atoms with Crippen molar-refractivity contribution in [3.63, 3.8) is 0 Å². The fraction of sp³-hybridized carbons (Fsp3) is 0.571. The van der Waals surface area contributed by atoms with Crippen molar-refractivity contribution >= 4 is 11.8 Å². The number of carbonyl (C=O) groups is 2. The lowest BCUT2D eigenvalue weighted by Crippen LogP contribution is -2.62. The van der Waals surface area contributed by atoms with Gasteiger partial charge in [-0.3, -0.25) is 14.5 Å². The third kappa shape index (κ3) is 2.01. The molecule has 2 rings (SSSR count). The van der Waals surface area contributed by atoms with Crippen molar-refractivity contribution in [1.82, 2.24) is 4.90 Å². The zero-order chi connectivity index (χ0) is 13.4. The highest BCUT2D eigenvalue weighted by Crippen LogP contribution is 2.33. The molecule has 0 radical (unpaired) electrons. The summed E-state index contributed by atoms with van der Waals surface area (Å²) in [5.74, 6) is -0.379. The minimum Gasteiger partial charge on any atom is -0.378 e. The SMILES string of the molecule is CC(C)=CC(C(=O)N1C(=O)C2COCC21)=C(C)C. The van der Waals surface area contributed by atoms with Crippen LogP contribution >= 0.6 is 0 Å². The number of carbonyl (C=O) groups excluding carboxylic acids is 2. The Morgan fingerprint density at radius 1 is 1.28 bits per heavy atom. The number of fused-ring (bicyclic) bond motifs is 1. The van der Waals surface area contributed by atoms with Gasteiger partial charge in [0.05, 0.1) is 25.2 Å². The number of hydrogen-bond donors (Lipinski definition) is 0. The molecule has 2 saturated heterocycles. The fourth-order valence-corrected chi connectivity index (χ4v) is 2.38. The first kappa shape index (κ1) is 13.0. The van der Waals surface area contributed by atoms with Gasteiger partial charge in [0, 0.05) is 5.57 Å². The number of imide groups is 1. The molecule has 2 heterocycles. The molecule has 0 aliphatic carbocycles. The predicted octanol–water partition coefficient (Wildman–Crippen LogP) is 1.67. The van der Waals surface area contributed by atoms with E-state index in [4.69, 9.17) is 4.74 Å². The van der Waals surface area contributed by atoms with E-state index in [2.05, 4.69) is 0 Å². The summed E-state index contributed by atoms with van der Waals surface area (Å²) in [6.07, 6.45) is 1.84. The van der Waals surface area contributed by atoms with Gasteiger partial charge >= 0.3 is 0 Å². The van der Waals surface area contributed by atoms with Crippen LogP contribution in [0.25, 0.3) is 0 Å². The Bertz CT molecular complexity index is 454. The van der Waals surface area contributed by atoms with E-state index >= 15 is 0 Å². The Hall–Kier alpha value is -1.42. The van der Waals surface area contributed by atoms with E-state index in [0.29, 0.717) is 18.8 Å². The molecule has 2 aliphatic rings. The normalized spacial score (nSPS) is 25.3. The van der Waals surface area contributed by atoms with E-state index in [-0.39, 0.29) is 23.8 Å². The summed E-state index contributed by atoms with van der Waals surface area (Å²) in [6.45, 7) is 8.59. The summed E-state index contributed by atoms with van der Waals surface area (Å²) >= 11 is 0. The van der Waals surface area contributed by atoms with Crippen LogP contribution in [0.1, 0.15) is 27.7 Å². The number of rotatable bonds is 2. The second kappa shape index (κ2) is 4.69. The lowest BCUT2D eigenvalue weighted by atomic mass is 9.89. The van der Waals surface area contributed by atoms with Crippen molar-refractivity contribution in [3.05, 3.63) is 22.8 Å². The van der Waals surface area contributed by atoms with E-state index in [0.717, 1.165) is 11.1 Å². The van der Waals surface area contributed by atoms with Crippen LogP contribution in [0, 0.1) is 5.92 Å². The lowest BCUT2D eigenvalue weighted by molar-refractivity contribution is -0.160. The van der Waals surface area contributed by atoms with Gasteiger partial charge in [0.25, 0.3) is 5.91 Å². The highest BCUT2D eigenvalue weighted by atomic mass is 16.5. The van der Waals surface area contributed by atoms with E-state index in [1.165, 1.54) is 4.90 Å². The number of ether oxygens (including phenoxy) is 1. The van der Waals surface area contributed by atoms with Crippen molar-refractivity contribution in [1.29, 1.82) is 0 Å². The number of nitrogens with zero attached hydrogens (tertiary/aromatic N) is 1. The average Bonchev–Trinajstić information content (AvgIpc) is 2.69. The molecule has 0 spiro atoms. The highest BCUT2D eigenvalue weighted by molar-refractivity contribution is 6.10. The monoisotopic (exact) mass is 249 g/mol. The van der Waals surface area contributed by atoms with Crippen molar-refractivity contribution < 1.29 is 14.3 Å². The number of hydrogen-bond acceptors (Lipinski definition) is 3. The predicted molar refractivity (Wildman–Crippen MR) is 67.8 cm³/mol. The summed E-state index contributed by atoms with van der Waals surface area (Å²) in [7, 11) is 0. The molecule has 98 valence electrons. The average molecular weight is 249 g/mol. The molecule has 0 bridgehead atoms. The minimum absolute atomic E-state index is 0.0510. The van der Waals surface area contributed by atoms with E-state index in [1.54, 1.807) is 0 Å². The van der Waals surface area contributed by atoms with Gasteiger partial charge < -0.3 is 4.74 Å². The van der Waals surface area contributed by atoms with Crippen molar-refractivity contribution in [2.45, 2.75) is 33.7 Å². The van der Waals surface area contributed by atoms with Crippen molar-refractivity contribution in [3.8, 4) is 0 Å². The molecule has 0 aromatic heterocycles. The van der Waals surface area contributed by atoms with Crippen LogP contribution in [-0.2, 0) is 14.3 Å². The lowest BCUT2D eigenvalue weighted by Gasteiger charge is -2.40. The second-order valence-electron chi connectivity index (χ2n) is 5.36. The first-order valence-electron chi connectivity index (χ1n) is 6.21. The Morgan fingerprint density at radius 2 is 1.94 bits per heavy atom. The number of β-lactam (4-membered cyclic amide) rings is 1. The molecule has 2 unspecified atom stereocenters. The molecule has 18 heavy (non-hydrogen) atoms. The Morgan fingerprint density at radius 3 is 2.50 bits per heavy atom. The second-order valence-corrected chi connectivity index (χ2v) is 5.36. The van der Waals surface area contributed by atoms with Crippen LogP contribution in [0.5, 0.6) is 0 Å². The highest BCUT2D eigenvalue weighted by Gasteiger charge is 2.54. The largest absolute Gasteiger partial charge is 0.378 e. The Labute approximate surface area is 107 Å². The maximum atomic E-state index is 12.4. The first-order valence-corrected chi connectivity index (χ1v) is 6.21. The molecule has 4 nitrogen and oxygen atoms in total. The molecule has 2 aliphatic heterocycles. The van der Waals surface area contributed by atoms with E-state index < -0.39 is 0 Å². The van der Waals surface area contributed by atoms with Gasteiger partial charge in [-0.25, -0.2) is 0 Å².